The van der Waals surface area contributed by atoms with Gasteiger partial charge in [-0.1, -0.05) is 29.8 Å². The molecule has 2 heterocycles. The molecular formula is C18H16ClN3O3S. The summed E-state index contributed by atoms with van der Waals surface area (Å²) >= 11 is 7.56. The fraction of sp³-hybridized carbons (Fsp3) is 0.167. The first-order valence-corrected chi connectivity index (χ1v) is 9.14. The highest BCUT2D eigenvalue weighted by molar-refractivity contribution is 7.07. The summed E-state index contributed by atoms with van der Waals surface area (Å²) in [6, 6.07) is 9.11. The molecule has 0 aliphatic heterocycles. The van der Waals surface area contributed by atoms with E-state index in [0.717, 1.165) is 5.56 Å². The van der Waals surface area contributed by atoms with Crippen LogP contribution in [0.2, 0.25) is 5.02 Å². The van der Waals surface area contributed by atoms with E-state index in [-0.39, 0.29) is 24.8 Å². The van der Waals surface area contributed by atoms with Crippen LogP contribution in [-0.2, 0) is 11.3 Å². The van der Waals surface area contributed by atoms with Crippen molar-refractivity contribution in [3.8, 4) is 0 Å². The predicted octanol–water partition coefficient (Wildman–Crippen LogP) is 3.09. The Hall–Kier alpha value is -2.64. The number of furan rings is 1. The fourth-order valence-electron chi connectivity index (χ4n) is 2.26. The van der Waals surface area contributed by atoms with Gasteiger partial charge in [0.15, 0.2) is 4.80 Å². The van der Waals surface area contributed by atoms with Crippen LogP contribution >= 0.6 is 22.9 Å². The van der Waals surface area contributed by atoms with Crippen molar-refractivity contribution >= 4 is 34.8 Å². The van der Waals surface area contributed by atoms with Crippen molar-refractivity contribution in [3.05, 3.63) is 75.4 Å². The van der Waals surface area contributed by atoms with Crippen LogP contribution in [0, 0.1) is 0 Å². The molecule has 0 aliphatic rings. The standard InChI is InChI=1S/C18H16ClN3O3S/c19-15-4-2-1-3-13(15)11-22-8-10-26-18(22)21-16(23)5-7-20-17(24)14-6-9-25-12-14/h1-4,6,8-10,12H,5,7,11H2,(H,20,24). The fourth-order valence-corrected chi connectivity index (χ4v) is 3.20. The molecule has 26 heavy (non-hydrogen) atoms. The summed E-state index contributed by atoms with van der Waals surface area (Å²) in [7, 11) is 0. The molecule has 1 aromatic carbocycles. The van der Waals surface area contributed by atoms with E-state index in [1.165, 1.54) is 23.9 Å². The van der Waals surface area contributed by atoms with Gasteiger partial charge >= 0.3 is 0 Å². The van der Waals surface area contributed by atoms with Crippen LogP contribution in [0.15, 0.2) is 63.8 Å². The largest absolute Gasteiger partial charge is 0.472 e. The quantitative estimate of drug-likeness (QED) is 0.703. The Morgan fingerprint density at radius 3 is 2.88 bits per heavy atom. The molecule has 0 aliphatic carbocycles. The molecule has 3 aromatic rings. The van der Waals surface area contributed by atoms with Gasteiger partial charge in [-0.15, -0.1) is 11.3 Å². The maximum Gasteiger partial charge on any atom is 0.254 e. The Balaban J connectivity index is 1.60. The molecule has 0 bridgehead atoms. The van der Waals surface area contributed by atoms with Gasteiger partial charge in [0.1, 0.15) is 6.26 Å². The number of hydrogen-bond acceptors (Lipinski definition) is 4. The minimum Gasteiger partial charge on any atom is -0.472 e. The molecule has 134 valence electrons. The van der Waals surface area contributed by atoms with Gasteiger partial charge in [-0.25, -0.2) is 0 Å². The second-order valence-electron chi connectivity index (χ2n) is 5.43. The summed E-state index contributed by atoms with van der Waals surface area (Å²) in [5.74, 6) is -0.579. The Morgan fingerprint density at radius 1 is 1.27 bits per heavy atom. The molecule has 0 radical (unpaired) electrons. The molecule has 0 saturated heterocycles. The third-order valence-corrected chi connectivity index (χ3v) is 4.75. The third-order valence-electron chi connectivity index (χ3n) is 3.59. The van der Waals surface area contributed by atoms with Gasteiger partial charge in [-0.05, 0) is 17.7 Å². The highest BCUT2D eigenvalue weighted by atomic mass is 35.5. The Kier molecular flexibility index (Phi) is 6.04. The van der Waals surface area contributed by atoms with Crippen molar-refractivity contribution in [2.24, 2.45) is 4.99 Å². The highest BCUT2D eigenvalue weighted by Gasteiger charge is 2.08. The summed E-state index contributed by atoms with van der Waals surface area (Å²) < 4.78 is 6.72. The van der Waals surface area contributed by atoms with Crippen molar-refractivity contribution in [2.75, 3.05) is 6.54 Å². The van der Waals surface area contributed by atoms with E-state index in [1.807, 2.05) is 40.4 Å². The monoisotopic (exact) mass is 389 g/mol. The van der Waals surface area contributed by atoms with Gasteiger partial charge in [0.05, 0.1) is 18.4 Å². The summed E-state index contributed by atoms with van der Waals surface area (Å²) in [6.45, 7) is 0.745. The molecule has 8 heteroatoms. The van der Waals surface area contributed by atoms with Crippen LogP contribution in [0.3, 0.4) is 0 Å². The zero-order chi connectivity index (χ0) is 18.4. The topological polar surface area (TPSA) is 76.6 Å². The SMILES string of the molecule is O=C(CCNC(=O)c1ccoc1)N=c1sccn1Cc1ccccc1Cl. The van der Waals surface area contributed by atoms with Gasteiger partial charge in [0.25, 0.3) is 5.91 Å². The van der Waals surface area contributed by atoms with E-state index in [1.54, 1.807) is 6.07 Å². The van der Waals surface area contributed by atoms with Crippen LogP contribution in [-0.4, -0.2) is 22.9 Å². The minimum absolute atomic E-state index is 0.119. The molecule has 0 saturated carbocycles. The van der Waals surface area contributed by atoms with Crippen molar-refractivity contribution in [2.45, 2.75) is 13.0 Å². The number of carbonyl (C=O) groups is 2. The minimum atomic E-state index is -0.298. The van der Waals surface area contributed by atoms with Gasteiger partial charge in [-0.3, -0.25) is 9.59 Å². The lowest BCUT2D eigenvalue weighted by atomic mass is 10.2. The third kappa shape index (κ3) is 4.71. The lowest BCUT2D eigenvalue weighted by Gasteiger charge is -2.05. The molecule has 6 nitrogen and oxygen atoms in total. The maximum absolute atomic E-state index is 12.1. The molecule has 0 unspecified atom stereocenters. The number of nitrogens with zero attached hydrogens (tertiary/aromatic N) is 2. The first-order chi connectivity index (χ1) is 12.6. The zero-order valence-corrected chi connectivity index (χ0v) is 15.3. The molecular weight excluding hydrogens is 374 g/mol. The van der Waals surface area contributed by atoms with E-state index in [2.05, 4.69) is 10.3 Å². The van der Waals surface area contributed by atoms with Crippen LogP contribution < -0.4 is 10.1 Å². The Morgan fingerprint density at radius 2 is 2.12 bits per heavy atom. The summed E-state index contributed by atoms with van der Waals surface area (Å²) in [5.41, 5.74) is 1.37. The number of halogens is 1. The normalized spacial score (nSPS) is 11.5. The average molecular weight is 390 g/mol. The van der Waals surface area contributed by atoms with Crippen molar-refractivity contribution in [1.29, 1.82) is 0 Å². The summed E-state index contributed by atoms with van der Waals surface area (Å²) in [4.78, 5) is 28.6. The Bertz CT molecular complexity index is 960. The van der Waals surface area contributed by atoms with Gasteiger partial charge in [0.2, 0.25) is 5.91 Å². The molecule has 2 amide bonds. The molecule has 0 fully saturated rings. The highest BCUT2D eigenvalue weighted by Crippen LogP contribution is 2.15. The van der Waals surface area contributed by atoms with Crippen LogP contribution in [0.5, 0.6) is 0 Å². The molecule has 0 spiro atoms. The number of amides is 2. The number of thiazole rings is 1. The van der Waals surface area contributed by atoms with E-state index < -0.39 is 0 Å². The molecule has 1 N–H and O–H groups in total. The average Bonchev–Trinajstić information content (AvgIpc) is 3.29. The summed E-state index contributed by atoms with van der Waals surface area (Å²) in [5, 5.41) is 5.19. The molecule has 0 atom stereocenters. The number of nitrogens with one attached hydrogen (secondary N) is 1. The zero-order valence-electron chi connectivity index (χ0n) is 13.7. The number of hydrogen-bond donors (Lipinski definition) is 1. The Labute approximate surface area is 158 Å². The first kappa shape index (κ1) is 18.2. The van der Waals surface area contributed by atoms with Crippen molar-refractivity contribution in [1.82, 2.24) is 9.88 Å². The number of rotatable bonds is 6. The van der Waals surface area contributed by atoms with Gasteiger partial charge in [-0.2, -0.15) is 4.99 Å². The van der Waals surface area contributed by atoms with Crippen molar-refractivity contribution < 1.29 is 14.0 Å². The second kappa shape index (κ2) is 8.64. The molecule has 3 rings (SSSR count). The van der Waals surface area contributed by atoms with Gasteiger partial charge in [0, 0.05) is 29.6 Å². The van der Waals surface area contributed by atoms with E-state index >= 15 is 0 Å². The second-order valence-corrected chi connectivity index (χ2v) is 6.71. The van der Waals surface area contributed by atoms with E-state index in [0.29, 0.717) is 21.9 Å². The lowest BCUT2D eigenvalue weighted by Crippen LogP contribution is -2.26. The summed E-state index contributed by atoms with van der Waals surface area (Å²) in [6.07, 6.45) is 4.75. The first-order valence-electron chi connectivity index (χ1n) is 7.89. The van der Waals surface area contributed by atoms with E-state index in [9.17, 15) is 9.59 Å². The number of benzene rings is 1. The van der Waals surface area contributed by atoms with Crippen LogP contribution in [0.1, 0.15) is 22.3 Å². The van der Waals surface area contributed by atoms with Gasteiger partial charge < -0.3 is 14.3 Å². The van der Waals surface area contributed by atoms with Crippen molar-refractivity contribution in [3.63, 3.8) is 0 Å². The predicted molar refractivity (Wildman–Crippen MR) is 99.1 cm³/mol. The maximum atomic E-state index is 12.1. The lowest BCUT2D eigenvalue weighted by molar-refractivity contribution is -0.117. The number of carbonyl (C=O) groups excluding carboxylic acids is 2. The molecule has 2 aromatic heterocycles. The van der Waals surface area contributed by atoms with Crippen LogP contribution in [0.25, 0.3) is 0 Å². The van der Waals surface area contributed by atoms with Crippen LogP contribution in [0.4, 0.5) is 0 Å². The smallest absolute Gasteiger partial charge is 0.254 e. The van der Waals surface area contributed by atoms with E-state index in [4.69, 9.17) is 16.0 Å². The number of aromatic nitrogens is 1.